The Hall–Kier alpha value is -2.29. The van der Waals surface area contributed by atoms with Crippen LogP contribution in [0.15, 0.2) is 59.8 Å². The van der Waals surface area contributed by atoms with Crippen LogP contribution >= 0.6 is 0 Å². The third kappa shape index (κ3) is 3.63. The van der Waals surface area contributed by atoms with Gasteiger partial charge in [-0.2, -0.15) is 0 Å². The molecule has 0 aliphatic heterocycles. The minimum Gasteiger partial charge on any atom is -0.489 e. The molecule has 0 heterocycles. The Labute approximate surface area is 106 Å². The summed E-state index contributed by atoms with van der Waals surface area (Å²) in [4.78, 5) is 0. The molecule has 2 aromatic rings. The Morgan fingerprint density at radius 3 is 2.33 bits per heavy atom. The van der Waals surface area contributed by atoms with Gasteiger partial charge in [0.05, 0.1) is 0 Å². The van der Waals surface area contributed by atoms with E-state index in [0.717, 1.165) is 16.9 Å². The lowest BCUT2D eigenvalue weighted by Gasteiger charge is -2.06. The summed E-state index contributed by atoms with van der Waals surface area (Å²) in [5, 5.41) is 11.3. The summed E-state index contributed by atoms with van der Waals surface area (Å²) in [5.41, 5.74) is 2.23. The van der Waals surface area contributed by atoms with Crippen molar-refractivity contribution in [2.45, 2.75) is 13.0 Å². The molecule has 2 rings (SSSR count). The Kier molecular flexibility index (Phi) is 4.36. The van der Waals surface area contributed by atoms with E-state index >= 15 is 0 Å². The molecule has 18 heavy (non-hydrogen) atoms. The number of hydrogen-bond acceptors (Lipinski definition) is 3. The van der Waals surface area contributed by atoms with Crippen LogP contribution < -0.4 is 4.74 Å². The zero-order valence-electron chi connectivity index (χ0n) is 9.99. The average Bonchev–Trinajstić information content (AvgIpc) is 2.45. The van der Waals surface area contributed by atoms with Crippen LogP contribution in [-0.4, -0.2) is 11.4 Å². The molecular weight excluding hydrogens is 226 g/mol. The Bertz CT molecular complexity index is 492. The molecule has 0 bridgehead atoms. The summed E-state index contributed by atoms with van der Waals surface area (Å²) in [6, 6.07) is 17.8. The van der Waals surface area contributed by atoms with Crippen molar-refractivity contribution in [3.63, 3.8) is 0 Å². The molecule has 3 heteroatoms. The van der Waals surface area contributed by atoms with Crippen molar-refractivity contribution in [1.82, 2.24) is 0 Å². The molecule has 2 aromatic carbocycles. The second kappa shape index (κ2) is 6.45. The Morgan fingerprint density at radius 2 is 1.67 bits per heavy atom. The van der Waals surface area contributed by atoms with E-state index in [9.17, 15) is 0 Å². The van der Waals surface area contributed by atoms with E-state index in [4.69, 9.17) is 9.94 Å². The second-order valence-corrected chi connectivity index (χ2v) is 3.92. The number of nitrogens with zero attached hydrogens (tertiary/aromatic N) is 1. The van der Waals surface area contributed by atoms with Crippen molar-refractivity contribution in [3.8, 4) is 5.75 Å². The third-order valence-corrected chi connectivity index (χ3v) is 2.58. The van der Waals surface area contributed by atoms with Crippen LogP contribution in [0.5, 0.6) is 5.75 Å². The quantitative estimate of drug-likeness (QED) is 0.496. The standard InChI is InChI=1S/C15H15NO2/c17-16-11-10-13-6-8-15(9-7-13)18-12-14-4-2-1-3-5-14/h1-9,11,17H,10,12H2. The molecule has 0 saturated heterocycles. The minimum absolute atomic E-state index is 0.568. The van der Waals surface area contributed by atoms with E-state index < -0.39 is 0 Å². The fraction of sp³-hybridized carbons (Fsp3) is 0.133. The maximum Gasteiger partial charge on any atom is 0.119 e. The first-order chi connectivity index (χ1) is 8.88. The maximum atomic E-state index is 8.34. The van der Waals surface area contributed by atoms with Gasteiger partial charge in [-0.25, -0.2) is 0 Å². The number of rotatable bonds is 5. The van der Waals surface area contributed by atoms with Crippen LogP contribution in [0.3, 0.4) is 0 Å². The van der Waals surface area contributed by atoms with Gasteiger partial charge in [0.15, 0.2) is 0 Å². The first kappa shape index (κ1) is 12.2. The van der Waals surface area contributed by atoms with Crippen LogP contribution in [-0.2, 0) is 13.0 Å². The van der Waals surface area contributed by atoms with Gasteiger partial charge in [-0.3, -0.25) is 0 Å². The van der Waals surface area contributed by atoms with Crippen molar-refractivity contribution >= 4 is 6.21 Å². The fourth-order valence-corrected chi connectivity index (χ4v) is 1.61. The highest BCUT2D eigenvalue weighted by Crippen LogP contribution is 2.14. The molecule has 0 aliphatic carbocycles. The van der Waals surface area contributed by atoms with Gasteiger partial charge < -0.3 is 9.94 Å². The summed E-state index contributed by atoms with van der Waals surface area (Å²) in [6.45, 7) is 0.568. The van der Waals surface area contributed by atoms with Crippen LogP contribution in [0.25, 0.3) is 0 Å². The smallest absolute Gasteiger partial charge is 0.119 e. The molecule has 1 N–H and O–H groups in total. The predicted octanol–water partition coefficient (Wildman–Crippen LogP) is 3.27. The summed E-state index contributed by atoms with van der Waals surface area (Å²) < 4.78 is 5.67. The van der Waals surface area contributed by atoms with Gasteiger partial charge in [-0.05, 0) is 23.3 Å². The van der Waals surface area contributed by atoms with E-state index in [1.165, 1.54) is 6.21 Å². The molecule has 0 amide bonds. The van der Waals surface area contributed by atoms with Gasteiger partial charge in [-0.1, -0.05) is 42.5 Å². The molecule has 0 aromatic heterocycles. The lowest BCUT2D eigenvalue weighted by atomic mass is 10.1. The highest BCUT2D eigenvalue weighted by Gasteiger charge is 1.96. The lowest BCUT2D eigenvalue weighted by Crippen LogP contribution is -1.95. The molecule has 3 nitrogen and oxygen atoms in total. The van der Waals surface area contributed by atoms with E-state index in [1.54, 1.807) is 0 Å². The highest BCUT2D eigenvalue weighted by atomic mass is 16.5. The first-order valence-corrected chi connectivity index (χ1v) is 5.80. The third-order valence-electron chi connectivity index (χ3n) is 2.58. The summed E-state index contributed by atoms with van der Waals surface area (Å²) in [6.07, 6.45) is 2.08. The average molecular weight is 241 g/mol. The molecule has 0 atom stereocenters. The molecule has 0 radical (unpaired) electrons. The first-order valence-electron chi connectivity index (χ1n) is 5.80. The Morgan fingerprint density at radius 1 is 0.944 bits per heavy atom. The summed E-state index contributed by atoms with van der Waals surface area (Å²) in [5.74, 6) is 0.837. The largest absolute Gasteiger partial charge is 0.489 e. The lowest BCUT2D eigenvalue weighted by molar-refractivity contribution is 0.306. The molecule has 0 saturated carbocycles. The van der Waals surface area contributed by atoms with Crippen molar-refractivity contribution < 1.29 is 9.94 Å². The molecule has 0 spiro atoms. The zero-order chi connectivity index (χ0) is 12.6. The van der Waals surface area contributed by atoms with E-state index in [0.29, 0.717) is 13.0 Å². The van der Waals surface area contributed by atoms with Gasteiger partial charge in [0.25, 0.3) is 0 Å². The maximum absolute atomic E-state index is 8.34. The topological polar surface area (TPSA) is 41.8 Å². The van der Waals surface area contributed by atoms with E-state index in [-0.39, 0.29) is 0 Å². The number of ether oxygens (including phenoxy) is 1. The van der Waals surface area contributed by atoms with Gasteiger partial charge in [-0.15, -0.1) is 5.16 Å². The Balaban J connectivity index is 1.90. The predicted molar refractivity (Wildman–Crippen MR) is 71.2 cm³/mol. The van der Waals surface area contributed by atoms with Gasteiger partial charge in [0.2, 0.25) is 0 Å². The molecule has 92 valence electrons. The summed E-state index contributed by atoms with van der Waals surface area (Å²) >= 11 is 0. The van der Waals surface area contributed by atoms with Gasteiger partial charge in [0.1, 0.15) is 12.4 Å². The van der Waals surface area contributed by atoms with Crippen LogP contribution in [0.1, 0.15) is 11.1 Å². The van der Waals surface area contributed by atoms with Crippen molar-refractivity contribution in [2.24, 2.45) is 5.16 Å². The molecular formula is C15H15NO2. The van der Waals surface area contributed by atoms with Crippen LogP contribution in [0, 0.1) is 0 Å². The molecule has 0 aliphatic rings. The van der Waals surface area contributed by atoms with Crippen molar-refractivity contribution in [1.29, 1.82) is 0 Å². The van der Waals surface area contributed by atoms with Gasteiger partial charge in [0, 0.05) is 12.6 Å². The minimum atomic E-state index is 0.568. The van der Waals surface area contributed by atoms with E-state index in [1.807, 2.05) is 54.6 Å². The fourth-order valence-electron chi connectivity index (χ4n) is 1.61. The van der Waals surface area contributed by atoms with Crippen molar-refractivity contribution in [3.05, 3.63) is 65.7 Å². The highest BCUT2D eigenvalue weighted by molar-refractivity contribution is 5.60. The normalized spacial score (nSPS) is 10.7. The van der Waals surface area contributed by atoms with Crippen LogP contribution in [0.2, 0.25) is 0 Å². The zero-order valence-corrected chi connectivity index (χ0v) is 9.99. The molecule has 0 fully saturated rings. The van der Waals surface area contributed by atoms with Crippen molar-refractivity contribution in [2.75, 3.05) is 0 Å². The SMILES string of the molecule is ON=CCc1ccc(OCc2ccccc2)cc1. The molecule has 0 unspecified atom stereocenters. The number of oxime groups is 1. The monoisotopic (exact) mass is 241 g/mol. The second-order valence-electron chi connectivity index (χ2n) is 3.92. The van der Waals surface area contributed by atoms with E-state index in [2.05, 4.69) is 5.16 Å². The summed E-state index contributed by atoms with van der Waals surface area (Å²) in [7, 11) is 0. The number of benzene rings is 2. The van der Waals surface area contributed by atoms with Crippen LogP contribution in [0.4, 0.5) is 0 Å². The van der Waals surface area contributed by atoms with Gasteiger partial charge >= 0.3 is 0 Å². The number of hydrogen-bond donors (Lipinski definition) is 1.